The molecule has 1 aliphatic rings. The first-order chi connectivity index (χ1) is 14.5. The van der Waals surface area contributed by atoms with Crippen molar-refractivity contribution in [2.24, 2.45) is 0 Å². The van der Waals surface area contributed by atoms with Gasteiger partial charge in [-0.25, -0.2) is 0 Å². The number of fused-ring (bicyclic) bond motifs is 1. The smallest absolute Gasteiger partial charge is 0.257 e. The van der Waals surface area contributed by atoms with E-state index in [1.165, 1.54) is 0 Å². The summed E-state index contributed by atoms with van der Waals surface area (Å²) in [6.07, 6.45) is 0. The van der Waals surface area contributed by atoms with Gasteiger partial charge in [-0.15, -0.1) is 11.8 Å². The summed E-state index contributed by atoms with van der Waals surface area (Å²) in [5, 5.41) is 3.23. The van der Waals surface area contributed by atoms with Gasteiger partial charge in [0.25, 0.3) is 5.91 Å². The lowest BCUT2D eigenvalue weighted by molar-refractivity contribution is -0.110. The van der Waals surface area contributed by atoms with Crippen LogP contribution in [0.2, 0.25) is 5.02 Å². The third-order valence-electron chi connectivity index (χ3n) is 4.64. The Morgan fingerprint density at radius 3 is 2.17 bits per heavy atom. The highest BCUT2D eigenvalue weighted by Crippen LogP contribution is 2.40. The SMILES string of the molecule is O=C1Nc2ccc(Cl)cc2/C1=C(/SCC(=O)c1ccccc1)C(=O)c1ccccc1. The van der Waals surface area contributed by atoms with Gasteiger partial charge in [0.05, 0.1) is 16.2 Å². The average Bonchev–Trinajstić information content (AvgIpc) is 3.10. The van der Waals surface area contributed by atoms with Crippen LogP contribution in [0.4, 0.5) is 5.69 Å². The normalized spacial score (nSPS) is 14.1. The zero-order valence-electron chi connectivity index (χ0n) is 15.7. The van der Waals surface area contributed by atoms with Crippen LogP contribution >= 0.6 is 23.4 Å². The number of allylic oxidation sites excluding steroid dienone is 1. The fourth-order valence-electron chi connectivity index (χ4n) is 3.18. The van der Waals surface area contributed by atoms with E-state index in [1.807, 2.05) is 12.1 Å². The minimum atomic E-state index is -0.383. The van der Waals surface area contributed by atoms with Crippen LogP contribution in [-0.4, -0.2) is 23.2 Å². The van der Waals surface area contributed by atoms with E-state index in [9.17, 15) is 14.4 Å². The maximum Gasteiger partial charge on any atom is 0.257 e. The van der Waals surface area contributed by atoms with Crippen LogP contribution in [0.1, 0.15) is 26.3 Å². The number of benzene rings is 3. The van der Waals surface area contributed by atoms with Crippen LogP contribution in [-0.2, 0) is 4.79 Å². The van der Waals surface area contributed by atoms with Gasteiger partial charge >= 0.3 is 0 Å². The van der Waals surface area contributed by atoms with Gasteiger partial charge in [0.2, 0.25) is 0 Å². The van der Waals surface area contributed by atoms with Gasteiger partial charge in [0.15, 0.2) is 11.6 Å². The highest BCUT2D eigenvalue weighted by Gasteiger charge is 2.31. The molecule has 4 nitrogen and oxygen atoms in total. The molecule has 0 aliphatic carbocycles. The van der Waals surface area contributed by atoms with Crippen molar-refractivity contribution in [1.29, 1.82) is 0 Å². The van der Waals surface area contributed by atoms with Gasteiger partial charge in [-0.2, -0.15) is 0 Å². The topological polar surface area (TPSA) is 63.2 Å². The lowest BCUT2D eigenvalue weighted by atomic mass is 10.0. The maximum absolute atomic E-state index is 13.3. The van der Waals surface area contributed by atoms with E-state index >= 15 is 0 Å². The average molecular weight is 434 g/mol. The van der Waals surface area contributed by atoms with E-state index < -0.39 is 0 Å². The van der Waals surface area contributed by atoms with Crippen LogP contribution in [0.5, 0.6) is 0 Å². The summed E-state index contributed by atoms with van der Waals surface area (Å²) in [5.41, 5.74) is 2.40. The lowest BCUT2D eigenvalue weighted by Crippen LogP contribution is -2.12. The maximum atomic E-state index is 13.3. The Bertz CT molecular complexity index is 1170. The molecule has 0 aromatic heterocycles. The molecule has 4 rings (SSSR count). The highest BCUT2D eigenvalue weighted by atomic mass is 35.5. The van der Waals surface area contributed by atoms with Crippen molar-refractivity contribution in [3.05, 3.63) is 105 Å². The summed E-state index contributed by atoms with van der Waals surface area (Å²) in [5.74, 6) is -0.778. The number of hydrogen-bond donors (Lipinski definition) is 1. The molecule has 1 amide bonds. The molecule has 0 saturated carbocycles. The number of carbonyl (C=O) groups excluding carboxylic acids is 3. The molecule has 1 heterocycles. The number of rotatable bonds is 6. The number of hydrogen-bond acceptors (Lipinski definition) is 4. The second kappa shape index (κ2) is 8.69. The molecular formula is C24H16ClNO3S. The molecule has 3 aromatic rings. The molecule has 0 bridgehead atoms. The molecule has 0 unspecified atom stereocenters. The minimum Gasteiger partial charge on any atom is -0.321 e. The van der Waals surface area contributed by atoms with E-state index in [1.54, 1.807) is 66.7 Å². The van der Waals surface area contributed by atoms with Crippen molar-refractivity contribution in [2.45, 2.75) is 0 Å². The molecule has 0 radical (unpaired) electrons. The molecular weight excluding hydrogens is 418 g/mol. The van der Waals surface area contributed by atoms with E-state index in [-0.39, 0.29) is 33.7 Å². The fraction of sp³-hybridized carbons (Fsp3) is 0.0417. The summed E-state index contributed by atoms with van der Waals surface area (Å²) in [6, 6.07) is 22.6. The number of Topliss-reactive ketones (excluding diaryl/α,β-unsaturated/α-hetero) is 2. The number of anilines is 1. The predicted octanol–water partition coefficient (Wildman–Crippen LogP) is 5.50. The van der Waals surface area contributed by atoms with Crippen LogP contribution < -0.4 is 5.32 Å². The quantitative estimate of drug-likeness (QED) is 0.411. The van der Waals surface area contributed by atoms with Gasteiger partial charge < -0.3 is 5.32 Å². The first-order valence-corrected chi connectivity index (χ1v) is 10.6. The summed E-state index contributed by atoms with van der Waals surface area (Å²) < 4.78 is 0. The first kappa shape index (κ1) is 20.1. The summed E-state index contributed by atoms with van der Waals surface area (Å²) in [4.78, 5) is 38.9. The standard InChI is InChI=1S/C24H16ClNO3S/c25-17-11-12-19-18(13-17)21(24(29)26-19)23(22(28)16-9-5-2-6-10-16)30-14-20(27)15-7-3-1-4-8-15/h1-13H,14H2,(H,26,29)/b23-21-. The van der Waals surface area contributed by atoms with E-state index in [0.717, 1.165) is 11.8 Å². The first-order valence-electron chi connectivity index (χ1n) is 9.21. The van der Waals surface area contributed by atoms with Gasteiger partial charge in [-0.1, -0.05) is 72.3 Å². The third kappa shape index (κ3) is 4.08. The number of halogens is 1. The fourth-order valence-corrected chi connectivity index (χ4v) is 4.39. The van der Waals surface area contributed by atoms with Gasteiger partial charge in [-0.05, 0) is 18.2 Å². The molecule has 3 aromatic carbocycles. The lowest BCUT2D eigenvalue weighted by Gasteiger charge is -2.10. The number of amides is 1. The van der Waals surface area contributed by atoms with Gasteiger partial charge in [-0.3, -0.25) is 14.4 Å². The molecule has 6 heteroatoms. The Balaban J connectivity index is 1.76. The van der Waals surface area contributed by atoms with Crippen molar-refractivity contribution < 1.29 is 14.4 Å². The van der Waals surface area contributed by atoms with E-state index in [4.69, 9.17) is 11.6 Å². The van der Waals surface area contributed by atoms with Gasteiger partial charge in [0.1, 0.15) is 0 Å². The molecule has 1 N–H and O–H groups in total. The number of ketones is 2. The Morgan fingerprint density at radius 2 is 1.50 bits per heavy atom. The molecule has 0 spiro atoms. The van der Waals surface area contributed by atoms with Crippen LogP contribution in [0.25, 0.3) is 5.57 Å². The van der Waals surface area contributed by atoms with Crippen molar-refractivity contribution in [2.75, 3.05) is 11.1 Å². The summed E-state index contributed by atoms with van der Waals surface area (Å²) >= 11 is 7.21. The number of carbonyl (C=O) groups is 3. The Morgan fingerprint density at radius 1 is 0.867 bits per heavy atom. The molecule has 1 aliphatic heterocycles. The van der Waals surface area contributed by atoms with Crippen molar-refractivity contribution >= 4 is 52.1 Å². The van der Waals surface area contributed by atoms with Crippen molar-refractivity contribution in [3.63, 3.8) is 0 Å². The van der Waals surface area contributed by atoms with Crippen molar-refractivity contribution in [3.8, 4) is 0 Å². The Labute approximate surface area is 183 Å². The second-order valence-corrected chi connectivity index (χ2v) is 8.04. The Kier molecular flexibility index (Phi) is 5.84. The highest BCUT2D eigenvalue weighted by molar-refractivity contribution is 8.04. The van der Waals surface area contributed by atoms with Crippen LogP contribution in [0.3, 0.4) is 0 Å². The molecule has 0 fully saturated rings. The third-order valence-corrected chi connectivity index (χ3v) is 5.96. The second-order valence-electron chi connectivity index (χ2n) is 6.62. The zero-order valence-corrected chi connectivity index (χ0v) is 17.3. The number of nitrogens with one attached hydrogen (secondary N) is 1. The van der Waals surface area contributed by atoms with Gasteiger partial charge in [0, 0.05) is 27.4 Å². The molecule has 148 valence electrons. The van der Waals surface area contributed by atoms with Crippen molar-refractivity contribution in [1.82, 2.24) is 0 Å². The molecule has 0 saturated heterocycles. The summed E-state index contributed by atoms with van der Waals surface area (Å²) in [7, 11) is 0. The van der Waals surface area contributed by atoms with Crippen LogP contribution in [0.15, 0.2) is 83.8 Å². The number of thioether (sulfide) groups is 1. The van der Waals surface area contributed by atoms with E-state index in [0.29, 0.717) is 27.4 Å². The molecule has 30 heavy (non-hydrogen) atoms. The van der Waals surface area contributed by atoms with Crippen LogP contribution in [0, 0.1) is 0 Å². The largest absolute Gasteiger partial charge is 0.321 e. The Hall–Kier alpha value is -3.15. The zero-order chi connectivity index (χ0) is 21.1. The monoisotopic (exact) mass is 433 g/mol. The molecule has 0 atom stereocenters. The predicted molar refractivity (Wildman–Crippen MR) is 121 cm³/mol. The van der Waals surface area contributed by atoms with E-state index in [2.05, 4.69) is 5.32 Å². The minimum absolute atomic E-state index is 0.0323. The summed E-state index contributed by atoms with van der Waals surface area (Å²) in [6.45, 7) is 0.